The highest BCUT2D eigenvalue weighted by Crippen LogP contribution is 2.24. The molecular weight excluding hydrogens is 389 g/mol. The molecular formula is C20H17ClFNO5. The Balaban J connectivity index is 2.16. The summed E-state index contributed by atoms with van der Waals surface area (Å²) in [5.41, 5.74) is 0.905. The molecule has 6 nitrogen and oxygen atoms in total. The van der Waals surface area contributed by atoms with Gasteiger partial charge in [0.25, 0.3) is 0 Å². The maximum absolute atomic E-state index is 14.2. The van der Waals surface area contributed by atoms with Gasteiger partial charge in [-0.25, -0.2) is 9.18 Å². The average Bonchev–Trinajstić information content (AvgIpc) is 2.67. The van der Waals surface area contributed by atoms with Gasteiger partial charge >= 0.3 is 6.16 Å². The normalized spacial score (nSPS) is 12.1. The minimum Gasteiger partial charge on any atom is -0.449 e. The highest BCUT2D eigenvalue weighted by atomic mass is 35.5. The van der Waals surface area contributed by atoms with Crippen LogP contribution in [0.4, 0.5) is 9.18 Å². The molecule has 0 saturated carbocycles. The second-order valence-electron chi connectivity index (χ2n) is 6.37. The number of aliphatic hydroxyl groups is 1. The van der Waals surface area contributed by atoms with E-state index in [-0.39, 0.29) is 29.2 Å². The second kappa shape index (κ2) is 8.00. The number of halogens is 2. The summed E-state index contributed by atoms with van der Waals surface area (Å²) in [6, 6.07) is 9.23. The lowest BCUT2D eigenvalue weighted by molar-refractivity contribution is 0.143. The number of fused-ring (bicyclic) bond motifs is 1. The number of pyridine rings is 1. The van der Waals surface area contributed by atoms with Gasteiger partial charge < -0.3 is 19.5 Å². The molecule has 146 valence electrons. The van der Waals surface area contributed by atoms with Gasteiger partial charge in [0.2, 0.25) is 5.43 Å². The number of hydrogen-bond donors (Lipinski definition) is 2. The van der Waals surface area contributed by atoms with Gasteiger partial charge in [0.05, 0.1) is 29.4 Å². The van der Waals surface area contributed by atoms with Crippen molar-refractivity contribution >= 4 is 28.7 Å². The van der Waals surface area contributed by atoms with Gasteiger partial charge in [0.15, 0.2) is 5.75 Å². The summed E-state index contributed by atoms with van der Waals surface area (Å²) in [5, 5.41) is 18.6. The van der Waals surface area contributed by atoms with Crippen LogP contribution in [0.15, 0.2) is 47.4 Å². The number of aromatic nitrogens is 1. The number of nitrogens with zero attached hydrogens (tertiary/aromatic N) is 1. The molecule has 2 aromatic carbocycles. The Kier molecular flexibility index (Phi) is 5.67. The van der Waals surface area contributed by atoms with Gasteiger partial charge in [-0.1, -0.05) is 29.8 Å². The summed E-state index contributed by atoms with van der Waals surface area (Å²) in [6.45, 7) is 1.49. The molecule has 2 N–H and O–H groups in total. The standard InChI is InChI=1S/C20H17ClFNO5/c1-11(10-24)23-9-17(28-20(26)27)19(25)14-8-12(5-6-16(14)23)7-13-3-2-4-15(21)18(13)22/h2-6,8-9,11,24H,7,10H2,1H3,(H,26,27)/t11-/m0/s1. The minimum absolute atomic E-state index is 0.00885. The molecule has 0 aliphatic rings. The second-order valence-corrected chi connectivity index (χ2v) is 6.78. The Morgan fingerprint density at radius 1 is 1.32 bits per heavy atom. The van der Waals surface area contributed by atoms with Gasteiger partial charge in [-0.2, -0.15) is 0 Å². The Hall–Kier alpha value is -2.90. The van der Waals surface area contributed by atoms with E-state index in [9.17, 15) is 19.1 Å². The van der Waals surface area contributed by atoms with Crippen molar-refractivity contribution in [3.8, 4) is 5.75 Å². The maximum atomic E-state index is 14.2. The topological polar surface area (TPSA) is 88.8 Å². The maximum Gasteiger partial charge on any atom is 0.511 e. The molecule has 1 aromatic heterocycles. The molecule has 0 unspecified atom stereocenters. The minimum atomic E-state index is -1.61. The Morgan fingerprint density at radius 3 is 2.75 bits per heavy atom. The average molecular weight is 406 g/mol. The summed E-state index contributed by atoms with van der Waals surface area (Å²) < 4.78 is 20.4. The molecule has 0 radical (unpaired) electrons. The molecule has 0 amide bonds. The number of aliphatic hydroxyl groups excluding tert-OH is 1. The van der Waals surface area contributed by atoms with E-state index < -0.39 is 23.4 Å². The zero-order valence-corrected chi connectivity index (χ0v) is 15.6. The molecule has 8 heteroatoms. The highest BCUT2D eigenvalue weighted by Gasteiger charge is 2.17. The van der Waals surface area contributed by atoms with Gasteiger partial charge in [-0.15, -0.1) is 0 Å². The van der Waals surface area contributed by atoms with Crippen molar-refractivity contribution in [3.05, 3.63) is 74.8 Å². The predicted molar refractivity (Wildman–Crippen MR) is 103 cm³/mol. The SMILES string of the molecule is C[C@@H](CO)n1cc(OC(=O)O)c(=O)c2cc(Cc3cccc(Cl)c3F)ccc21. The first kappa shape index (κ1) is 19.9. The predicted octanol–water partition coefficient (Wildman–Crippen LogP) is 3.99. The first-order valence-corrected chi connectivity index (χ1v) is 8.82. The van der Waals surface area contributed by atoms with E-state index in [0.717, 1.165) is 0 Å². The first-order valence-electron chi connectivity index (χ1n) is 8.44. The van der Waals surface area contributed by atoms with Gasteiger partial charge in [0.1, 0.15) is 5.82 Å². The van der Waals surface area contributed by atoms with E-state index in [1.807, 2.05) is 0 Å². The molecule has 3 aromatic rings. The lowest BCUT2D eigenvalue weighted by Gasteiger charge is -2.18. The molecule has 0 aliphatic carbocycles. The van der Waals surface area contributed by atoms with Crippen LogP contribution in [0, 0.1) is 5.82 Å². The van der Waals surface area contributed by atoms with E-state index in [0.29, 0.717) is 16.6 Å². The Morgan fingerprint density at radius 2 is 2.07 bits per heavy atom. The molecule has 0 aliphatic heterocycles. The summed E-state index contributed by atoms with van der Waals surface area (Å²) in [7, 11) is 0. The molecule has 0 fully saturated rings. The summed E-state index contributed by atoms with van der Waals surface area (Å²) in [5.74, 6) is -0.898. The van der Waals surface area contributed by atoms with Crippen LogP contribution >= 0.6 is 11.6 Å². The Labute approximate surface area is 164 Å². The molecule has 0 bridgehead atoms. The lowest BCUT2D eigenvalue weighted by atomic mass is 10.0. The number of benzene rings is 2. The smallest absolute Gasteiger partial charge is 0.449 e. The summed E-state index contributed by atoms with van der Waals surface area (Å²) >= 11 is 5.82. The molecule has 28 heavy (non-hydrogen) atoms. The number of rotatable bonds is 5. The zero-order valence-electron chi connectivity index (χ0n) is 14.9. The monoisotopic (exact) mass is 405 g/mol. The van der Waals surface area contributed by atoms with E-state index in [1.54, 1.807) is 41.8 Å². The lowest BCUT2D eigenvalue weighted by Crippen LogP contribution is -2.19. The van der Waals surface area contributed by atoms with Gasteiger partial charge in [0, 0.05) is 11.8 Å². The van der Waals surface area contributed by atoms with Crippen molar-refractivity contribution in [1.82, 2.24) is 4.57 Å². The van der Waals surface area contributed by atoms with Gasteiger partial charge in [-0.05, 0) is 36.2 Å². The number of ether oxygens (including phenoxy) is 1. The highest BCUT2D eigenvalue weighted by molar-refractivity contribution is 6.30. The van der Waals surface area contributed by atoms with Crippen LogP contribution in [0.25, 0.3) is 10.9 Å². The van der Waals surface area contributed by atoms with Crippen molar-refractivity contribution in [3.63, 3.8) is 0 Å². The van der Waals surface area contributed by atoms with Crippen LogP contribution in [0.2, 0.25) is 5.02 Å². The third-order valence-electron chi connectivity index (χ3n) is 4.43. The van der Waals surface area contributed by atoms with Crippen LogP contribution in [-0.4, -0.2) is 27.5 Å². The Bertz CT molecular complexity index is 1110. The van der Waals surface area contributed by atoms with Crippen LogP contribution in [0.1, 0.15) is 24.1 Å². The van der Waals surface area contributed by atoms with Crippen LogP contribution in [-0.2, 0) is 6.42 Å². The van der Waals surface area contributed by atoms with Crippen molar-refractivity contribution in [2.75, 3.05) is 6.61 Å². The van der Waals surface area contributed by atoms with E-state index in [4.69, 9.17) is 16.7 Å². The van der Waals surface area contributed by atoms with E-state index >= 15 is 0 Å². The third-order valence-corrected chi connectivity index (χ3v) is 4.72. The molecule has 3 rings (SSSR count). The van der Waals surface area contributed by atoms with Crippen molar-refractivity contribution in [1.29, 1.82) is 0 Å². The number of carboxylic acid groups (broad SMARTS) is 1. The van der Waals surface area contributed by atoms with Gasteiger partial charge in [-0.3, -0.25) is 4.79 Å². The first-order chi connectivity index (χ1) is 13.3. The van der Waals surface area contributed by atoms with Crippen molar-refractivity contribution in [2.24, 2.45) is 0 Å². The molecule has 0 spiro atoms. The fraction of sp³-hybridized carbons (Fsp3) is 0.200. The largest absolute Gasteiger partial charge is 0.511 e. The molecule has 0 saturated heterocycles. The third kappa shape index (κ3) is 3.85. The fourth-order valence-electron chi connectivity index (χ4n) is 3.01. The summed E-state index contributed by atoms with van der Waals surface area (Å²) in [4.78, 5) is 23.6. The van der Waals surface area contributed by atoms with Crippen LogP contribution in [0.3, 0.4) is 0 Å². The van der Waals surface area contributed by atoms with Crippen LogP contribution in [0.5, 0.6) is 5.75 Å². The summed E-state index contributed by atoms with van der Waals surface area (Å²) in [6.07, 6.45) is -0.158. The fourth-order valence-corrected chi connectivity index (χ4v) is 3.21. The zero-order chi connectivity index (χ0) is 20.4. The molecule has 1 atom stereocenters. The van der Waals surface area contributed by atoms with Crippen LogP contribution < -0.4 is 10.2 Å². The number of hydrogen-bond acceptors (Lipinski definition) is 4. The van der Waals surface area contributed by atoms with Crippen molar-refractivity contribution in [2.45, 2.75) is 19.4 Å². The van der Waals surface area contributed by atoms with Crippen molar-refractivity contribution < 1.29 is 24.1 Å². The number of carbonyl (C=O) groups is 1. The molecule has 1 heterocycles. The quantitative estimate of drug-likeness (QED) is 0.626. The van der Waals surface area contributed by atoms with E-state index in [1.165, 1.54) is 12.3 Å². The van der Waals surface area contributed by atoms with E-state index in [2.05, 4.69) is 4.74 Å².